The molecule has 0 aliphatic heterocycles. The predicted octanol–water partition coefficient (Wildman–Crippen LogP) is 18.0. The van der Waals surface area contributed by atoms with Crippen molar-refractivity contribution < 1.29 is 30.3 Å². The number of rotatable bonds is 3. The molecule has 1 aliphatic carbocycles. The van der Waals surface area contributed by atoms with Crippen LogP contribution in [0.1, 0.15) is 230 Å². The van der Waals surface area contributed by atoms with E-state index in [1.807, 2.05) is 0 Å². The van der Waals surface area contributed by atoms with Crippen molar-refractivity contribution in [3.05, 3.63) is 206 Å². The summed E-state index contributed by atoms with van der Waals surface area (Å²) in [6.07, 6.45) is 1.69. The Kier molecular flexibility index (Phi) is 16.4. The number of phenols is 5. The van der Waals surface area contributed by atoms with Gasteiger partial charge in [-0.2, -0.15) is 0 Å². The number of hydrogen-bond donors (Lipinski definition) is 5. The van der Waals surface area contributed by atoms with Gasteiger partial charge in [0.25, 0.3) is 0 Å². The van der Waals surface area contributed by atoms with Gasteiger partial charge in [0, 0.05) is 42.1 Å². The highest BCUT2D eigenvalue weighted by Crippen LogP contribution is 2.45. The zero-order valence-corrected chi connectivity index (χ0v) is 53.4. The van der Waals surface area contributed by atoms with Crippen molar-refractivity contribution in [2.75, 3.05) is 0 Å². The molecule has 7 heteroatoms. The third kappa shape index (κ3) is 13.4. The quantitative estimate of drug-likeness (QED) is 0.113. The van der Waals surface area contributed by atoms with Crippen LogP contribution in [0, 0.1) is 3.57 Å². The molecule has 8 rings (SSSR count). The van der Waals surface area contributed by atoms with Crippen molar-refractivity contribution in [1.29, 1.82) is 0 Å². The summed E-state index contributed by atoms with van der Waals surface area (Å²) in [5.74, 6) is 1.43. The molecule has 0 saturated heterocycles. The summed E-state index contributed by atoms with van der Waals surface area (Å²) in [7, 11) is 0. The zero-order valence-electron chi connectivity index (χ0n) is 51.2. The predicted molar refractivity (Wildman–Crippen MR) is 340 cm³/mol. The highest BCUT2D eigenvalue weighted by molar-refractivity contribution is 14.1. The van der Waals surface area contributed by atoms with Crippen LogP contribution in [0.25, 0.3) is 0 Å². The molecular weight excluding hydrogens is 1100 g/mol. The molecule has 7 aromatic rings. The molecular formula is C73H89IO6. The van der Waals surface area contributed by atoms with E-state index in [2.05, 4.69) is 244 Å². The molecule has 5 N–H and O–H groups in total. The first-order valence-corrected chi connectivity index (χ1v) is 29.7. The number of halogens is 1. The summed E-state index contributed by atoms with van der Waals surface area (Å²) in [4.78, 5) is 0. The Morgan fingerprint density at radius 1 is 0.300 bits per heavy atom. The minimum absolute atomic E-state index is 0.122. The fraction of sp³-hybridized carbons (Fsp3) is 0.425. The van der Waals surface area contributed by atoms with Crippen molar-refractivity contribution in [3.8, 4) is 34.5 Å². The van der Waals surface area contributed by atoms with Crippen LogP contribution in [0.5, 0.6) is 34.5 Å². The van der Waals surface area contributed by atoms with Gasteiger partial charge in [-0.05, 0) is 173 Å². The van der Waals surface area contributed by atoms with Gasteiger partial charge in [0.15, 0.2) is 0 Å². The second kappa shape index (κ2) is 21.8. The molecule has 12 bridgehead atoms. The zero-order chi connectivity index (χ0) is 59.0. The monoisotopic (exact) mass is 1190 g/mol. The molecule has 0 unspecified atom stereocenters. The first-order chi connectivity index (χ1) is 36.8. The van der Waals surface area contributed by atoms with E-state index in [1.165, 1.54) is 0 Å². The number of aromatic hydroxyl groups is 5. The van der Waals surface area contributed by atoms with Crippen molar-refractivity contribution in [3.63, 3.8) is 0 Å². The minimum atomic E-state index is -0.302. The number of ether oxygens (including phenoxy) is 1. The summed E-state index contributed by atoms with van der Waals surface area (Å²) in [6.45, 7) is 39.6. The van der Waals surface area contributed by atoms with Crippen LogP contribution in [-0.2, 0) is 77.6 Å². The van der Waals surface area contributed by atoms with E-state index in [-0.39, 0.29) is 86.9 Å². The first-order valence-electron chi connectivity index (χ1n) is 28.6. The van der Waals surface area contributed by atoms with Crippen LogP contribution in [0.3, 0.4) is 0 Å². The highest BCUT2D eigenvalue weighted by Gasteiger charge is 2.30. The number of benzene rings is 7. The average Bonchev–Trinajstić information content (AvgIpc) is 3.42. The van der Waals surface area contributed by atoms with Crippen molar-refractivity contribution >= 4 is 22.6 Å². The first kappa shape index (κ1) is 60.2. The lowest BCUT2D eigenvalue weighted by Gasteiger charge is -2.27. The lowest BCUT2D eigenvalue weighted by molar-refractivity contribution is 0.300. The van der Waals surface area contributed by atoms with Crippen LogP contribution < -0.4 is 4.74 Å². The Balaban J connectivity index is 1.47. The lowest BCUT2D eigenvalue weighted by Crippen LogP contribution is -2.16. The van der Waals surface area contributed by atoms with Gasteiger partial charge in [-0.25, -0.2) is 0 Å². The van der Waals surface area contributed by atoms with Gasteiger partial charge in [-0.1, -0.05) is 210 Å². The molecule has 0 aromatic heterocycles. The molecule has 0 atom stereocenters. The van der Waals surface area contributed by atoms with E-state index >= 15 is 0 Å². The second-order valence-corrected chi connectivity index (χ2v) is 30.6. The van der Waals surface area contributed by atoms with Gasteiger partial charge in [0.05, 0.1) is 0 Å². The van der Waals surface area contributed by atoms with Crippen molar-refractivity contribution in [2.24, 2.45) is 0 Å². The van der Waals surface area contributed by atoms with Gasteiger partial charge >= 0.3 is 0 Å². The normalized spacial score (nSPS) is 13.9. The Labute approximate surface area is 492 Å². The van der Waals surface area contributed by atoms with Gasteiger partial charge < -0.3 is 30.3 Å². The number of fused-ring (bicyclic) bond motifs is 12. The molecule has 0 saturated carbocycles. The summed E-state index contributed by atoms with van der Waals surface area (Å²) < 4.78 is 8.26. The third-order valence-electron chi connectivity index (χ3n) is 16.4. The molecule has 0 spiro atoms. The highest BCUT2D eigenvalue weighted by atomic mass is 127. The molecule has 424 valence electrons. The smallest absolute Gasteiger partial charge is 0.126 e. The standard InChI is InChI=1S/C73H89IO6/c1-68(2,3)55-29-43-23-45-31-56(69(4,5)6)33-47(63(45)76)25-49-35-58(71(10,11)12)37-51(65(49)78)27-53-39-60(73(16,17)18)40-54(67(53)80-41-42-19-21-61(74)22-20-42)28-52-38-59(72(13,14)15)36-50(66(52)79)26-48-34-57(70(7,8)9)32-46(64(48)77)24-44(30-55)62(43)75/h19-22,29-40,75-79H,23-28,41H2,1-18H3. The summed E-state index contributed by atoms with van der Waals surface area (Å²) in [6, 6.07) is 33.7. The van der Waals surface area contributed by atoms with Gasteiger partial charge in [0.1, 0.15) is 41.1 Å². The van der Waals surface area contributed by atoms with Gasteiger partial charge in [-0.15, -0.1) is 0 Å². The van der Waals surface area contributed by atoms with Crippen LogP contribution >= 0.6 is 22.6 Å². The second-order valence-electron chi connectivity index (χ2n) is 29.3. The van der Waals surface area contributed by atoms with E-state index in [9.17, 15) is 25.5 Å². The van der Waals surface area contributed by atoms with E-state index < -0.39 is 0 Å². The number of hydrogen-bond acceptors (Lipinski definition) is 6. The van der Waals surface area contributed by atoms with E-state index in [4.69, 9.17) is 4.74 Å². The van der Waals surface area contributed by atoms with Gasteiger partial charge in [0.2, 0.25) is 0 Å². The molecule has 7 aromatic carbocycles. The molecule has 0 radical (unpaired) electrons. The van der Waals surface area contributed by atoms with E-state index in [0.29, 0.717) is 69.7 Å². The fourth-order valence-electron chi connectivity index (χ4n) is 10.9. The largest absolute Gasteiger partial charge is 0.507 e. The molecule has 0 fully saturated rings. The van der Waals surface area contributed by atoms with Crippen LogP contribution in [0.15, 0.2) is 97.1 Å². The molecule has 6 nitrogen and oxygen atoms in total. The molecule has 0 heterocycles. The van der Waals surface area contributed by atoms with Crippen molar-refractivity contribution in [2.45, 2.75) is 202 Å². The average molecular weight is 1190 g/mol. The maximum Gasteiger partial charge on any atom is 0.126 e. The Bertz CT molecular complexity index is 3290. The molecule has 80 heavy (non-hydrogen) atoms. The maximum absolute atomic E-state index is 12.8. The molecule has 0 amide bonds. The van der Waals surface area contributed by atoms with E-state index in [0.717, 1.165) is 64.8 Å². The van der Waals surface area contributed by atoms with Crippen molar-refractivity contribution in [1.82, 2.24) is 0 Å². The van der Waals surface area contributed by atoms with E-state index in [1.54, 1.807) is 0 Å². The summed E-state index contributed by atoms with van der Waals surface area (Å²) in [5.41, 5.74) is 14.4. The molecule has 1 aliphatic rings. The van der Waals surface area contributed by atoms with Crippen LogP contribution in [-0.4, -0.2) is 25.5 Å². The lowest BCUT2D eigenvalue weighted by atomic mass is 9.79. The SMILES string of the molecule is CC(C)(C)c1cc2c(O)c(c1)Cc1cc(C(C)(C)C)cc(c1O)Cc1cc(C(C)(C)C)cc(c1O)Cc1cc(C(C)(C)C)cc(c1OCc1ccc(I)cc1)Cc1cc(C(C)(C)C)cc(c1O)Cc1cc(C(C)(C)C)cc(c1O)C2. The third-order valence-corrected chi connectivity index (χ3v) is 17.1. The fourth-order valence-corrected chi connectivity index (χ4v) is 11.3. The summed E-state index contributed by atoms with van der Waals surface area (Å²) in [5, 5.41) is 63.6. The Hall–Kier alpha value is -5.93. The van der Waals surface area contributed by atoms with Crippen LogP contribution in [0.4, 0.5) is 0 Å². The maximum atomic E-state index is 12.8. The topological polar surface area (TPSA) is 110 Å². The number of phenolic OH excluding ortho intramolecular Hbond substituents is 5. The minimum Gasteiger partial charge on any atom is -0.507 e. The Morgan fingerprint density at radius 3 is 0.662 bits per heavy atom. The van der Waals surface area contributed by atoms with Crippen LogP contribution in [0.2, 0.25) is 0 Å². The Morgan fingerprint density at radius 2 is 0.475 bits per heavy atom. The van der Waals surface area contributed by atoms with Gasteiger partial charge in [-0.3, -0.25) is 0 Å². The summed E-state index contributed by atoms with van der Waals surface area (Å²) >= 11 is 2.33.